The smallest absolute Gasteiger partial charge is 0.324 e. The molecule has 2 aromatic rings. The van der Waals surface area contributed by atoms with Gasteiger partial charge in [-0.25, -0.2) is 4.79 Å². The zero-order valence-corrected chi connectivity index (χ0v) is 20.1. The summed E-state index contributed by atoms with van der Waals surface area (Å²) in [6, 6.07) is 6.50. The van der Waals surface area contributed by atoms with Crippen molar-refractivity contribution in [1.29, 1.82) is 0 Å². The average Bonchev–Trinajstić information content (AvgIpc) is 3.21. The van der Waals surface area contributed by atoms with E-state index in [1.807, 2.05) is 27.1 Å². The van der Waals surface area contributed by atoms with Gasteiger partial charge >= 0.3 is 6.03 Å². The number of fused-ring (bicyclic) bond motifs is 2. The lowest BCUT2D eigenvalue weighted by atomic mass is 9.72. The molecule has 7 nitrogen and oxygen atoms in total. The largest absolute Gasteiger partial charge is 0.361 e. The van der Waals surface area contributed by atoms with Crippen LogP contribution >= 0.6 is 0 Å². The number of carbonyl (C=O) groups excluding carboxylic acids is 2. The number of likely N-dealkylation sites (tertiary alicyclic amines) is 1. The highest BCUT2D eigenvalue weighted by molar-refractivity contribution is 5.96. The number of hydrogen-bond donors (Lipinski definition) is 2. The van der Waals surface area contributed by atoms with Crippen molar-refractivity contribution in [3.63, 3.8) is 0 Å². The van der Waals surface area contributed by atoms with Crippen molar-refractivity contribution in [3.05, 3.63) is 48.2 Å². The standard InChI is InChI=1S/C26H37N5O2/c1-5-11-30-17-19(25(32)31(26(33)27-6-2)13-8-12-29(3)4)14-21-20-9-7-10-22-24(20)18(16-28-22)15-23(21)30/h5,7,9-10,16,19,21,23,28H,1,6,8,11-15,17H2,2-4H3,(H,27,33)/t19-,21-,23-/m0/s1. The van der Waals surface area contributed by atoms with E-state index in [4.69, 9.17) is 0 Å². The van der Waals surface area contributed by atoms with Crippen molar-refractivity contribution in [2.75, 3.05) is 46.8 Å². The third kappa shape index (κ3) is 4.70. The number of carbonyl (C=O) groups is 2. The monoisotopic (exact) mass is 451 g/mol. The van der Waals surface area contributed by atoms with Crippen LogP contribution in [0.2, 0.25) is 0 Å². The van der Waals surface area contributed by atoms with E-state index in [1.165, 1.54) is 21.4 Å². The second-order valence-electron chi connectivity index (χ2n) is 9.62. The molecule has 4 rings (SSSR count). The molecule has 2 N–H and O–H groups in total. The number of urea groups is 1. The molecule has 1 aromatic heterocycles. The molecular weight excluding hydrogens is 414 g/mol. The molecule has 1 aliphatic carbocycles. The van der Waals surface area contributed by atoms with E-state index < -0.39 is 0 Å². The van der Waals surface area contributed by atoms with Gasteiger partial charge in [-0.15, -0.1) is 6.58 Å². The summed E-state index contributed by atoms with van der Waals surface area (Å²) in [5.74, 6) is -0.0133. The summed E-state index contributed by atoms with van der Waals surface area (Å²) in [5, 5.41) is 4.16. The Balaban J connectivity index is 1.61. The molecule has 1 aliphatic heterocycles. The fourth-order valence-electron chi connectivity index (χ4n) is 5.68. The van der Waals surface area contributed by atoms with E-state index in [2.05, 4.69) is 51.1 Å². The normalized spacial score (nSPS) is 22.2. The number of nitrogens with one attached hydrogen (secondary N) is 2. The van der Waals surface area contributed by atoms with Gasteiger partial charge in [0.25, 0.3) is 0 Å². The Morgan fingerprint density at radius 3 is 2.85 bits per heavy atom. The summed E-state index contributed by atoms with van der Waals surface area (Å²) in [7, 11) is 4.01. The maximum atomic E-state index is 13.7. The second-order valence-corrected chi connectivity index (χ2v) is 9.62. The molecule has 178 valence electrons. The number of aromatic amines is 1. The third-order valence-electron chi connectivity index (χ3n) is 7.11. The van der Waals surface area contributed by atoms with Gasteiger partial charge in [-0.1, -0.05) is 18.2 Å². The summed E-state index contributed by atoms with van der Waals surface area (Å²) >= 11 is 0. The van der Waals surface area contributed by atoms with Crippen molar-refractivity contribution in [3.8, 4) is 0 Å². The van der Waals surface area contributed by atoms with Crippen LogP contribution in [0.1, 0.15) is 36.8 Å². The number of hydrogen-bond acceptors (Lipinski definition) is 4. The number of benzene rings is 1. The van der Waals surface area contributed by atoms with Crippen molar-refractivity contribution in [1.82, 2.24) is 25.0 Å². The minimum absolute atomic E-state index is 0.0562. The van der Waals surface area contributed by atoms with Crippen LogP contribution in [0, 0.1) is 5.92 Å². The SMILES string of the molecule is C=CCN1C[C@@H](C(=O)N(CCCN(C)C)C(=O)NCC)C[C@H]2c3cccc4[nH]cc(c34)C[C@@H]21. The third-order valence-corrected chi connectivity index (χ3v) is 7.11. The van der Waals surface area contributed by atoms with Gasteiger partial charge in [0, 0.05) is 55.2 Å². The number of aromatic nitrogens is 1. The van der Waals surface area contributed by atoms with Crippen LogP contribution in [0.25, 0.3) is 10.9 Å². The molecule has 0 saturated carbocycles. The van der Waals surface area contributed by atoms with Gasteiger partial charge in [0.1, 0.15) is 0 Å². The molecule has 0 radical (unpaired) electrons. The maximum absolute atomic E-state index is 13.7. The highest BCUT2D eigenvalue weighted by Gasteiger charge is 2.43. The summed E-state index contributed by atoms with van der Waals surface area (Å²) < 4.78 is 0. The Kier molecular flexibility index (Phi) is 7.20. The number of nitrogens with zero attached hydrogens (tertiary/aromatic N) is 3. The van der Waals surface area contributed by atoms with Crippen molar-refractivity contribution in [2.45, 2.75) is 38.1 Å². The predicted octanol–water partition coefficient (Wildman–Crippen LogP) is 3.19. The molecule has 0 spiro atoms. The number of piperidine rings is 1. The van der Waals surface area contributed by atoms with E-state index in [0.29, 0.717) is 25.7 Å². The number of amides is 3. The predicted molar refractivity (Wildman–Crippen MR) is 132 cm³/mol. The molecule has 2 heterocycles. The van der Waals surface area contributed by atoms with Gasteiger partial charge in [0.2, 0.25) is 5.91 Å². The molecule has 0 bridgehead atoms. The van der Waals surface area contributed by atoms with Gasteiger partial charge < -0.3 is 15.2 Å². The van der Waals surface area contributed by atoms with Crippen LogP contribution in [0.5, 0.6) is 0 Å². The lowest BCUT2D eigenvalue weighted by Crippen LogP contribution is -2.55. The van der Waals surface area contributed by atoms with E-state index in [1.54, 1.807) is 0 Å². The molecule has 3 atom stereocenters. The van der Waals surface area contributed by atoms with E-state index in [0.717, 1.165) is 37.9 Å². The Hall–Kier alpha value is -2.64. The first-order valence-electron chi connectivity index (χ1n) is 12.1. The quantitative estimate of drug-likeness (QED) is 0.605. The number of H-pyrrole nitrogens is 1. The summed E-state index contributed by atoms with van der Waals surface area (Å²) in [5.41, 5.74) is 3.84. The first-order chi connectivity index (χ1) is 15.9. The fraction of sp³-hybridized carbons (Fsp3) is 0.538. The molecule has 7 heteroatoms. The zero-order chi connectivity index (χ0) is 23.5. The lowest BCUT2D eigenvalue weighted by molar-refractivity contribution is -0.135. The first kappa shape index (κ1) is 23.5. The maximum Gasteiger partial charge on any atom is 0.324 e. The lowest BCUT2D eigenvalue weighted by Gasteiger charge is -2.47. The molecule has 1 aromatic carbocycles. The van der Waals surface area contributed by atoms with Crippen molar-refractivity contribution in [2.24, 2.45) is 5.92 Å². The second kappa shape index (κ2) is 10.1. The molecule has 33 heavy (non-hydrogen) atoms. The summed E-state index contributed by atoms with van der Waals surface area (Å²) in [6.45, 7) is 9.02. The Morgan fingerprint density at radius 1 is 1.30 bits per heavy atom. The zero-order valence-electron chi connectivity index (χ0n) is 20.1. The number of rotatable bonds is 8. The fourth-order valence-corrected chi connectivity index (χ4v) is 5.68. The Morgan fingerprint density at radius 2 is 2.12 bits per heavy atom. The molecule has 1 saturated heterocycles. The van der Waals surface area contributed by atoms with Gasteiger partial charge in [-0.2, -0.15) is 0 Å². The minimum Gasteiger partial charge on any atom is -0.361 e. The Labute approximate surface area is 196 Å². The molecule has 1 fully saturated rings. The van der Waals surface area contributed by atoms with Gasteiger partial charge in [-0.3, -0.25) is 14.6 Å². The molecular formula is C26H37N5O2. The highest BCUT2D eigenvalue weighted by Crippen LogP contribution is 2.45. The van der Waals surface area contributed by atoms with Crippen LogP contribution < -0.4 is 5.32 Å². The highest BCUT2D eigenvalue weighted by atomic mass is 16.2. The van der Waals surface area contributed by atoms with Crippen LogP contribution in [0.15, 0.2) is 37.1 Å². The minimum atomic E-state index is -0.280. The first-order valence-corrected chi connectivity index (χ1v) is 12.1. The van der Waals surface area contributed by atoms with Crippen LogP contribution in [-0.4, -0.2) is 84.5 Å². The molecule has 0 unspecified atom stereocenters. The van der Waals surface area contributed by atoms with Crippen molar-refractivity contribution >= 4 is 22.8 Å². The average molecular weight is 452 g/mol. The Bertz CT molecular complexity index is 1010. The topological polar surface area (TPSA) is 71.7 Å². The van der Waals surface area contributed by atoms with Crippen molar-refractivity contribution < 1.29 is 9.59 Å². The van der Waals surface area contributed by atoms with Gasteiger partial charge in [-0.05, 0) is 64.0 Å². The van der Waals surface area contributed by atoms with Crippen LogP contribution in [0.3, 0.4) is 0 Å². The van der Waals surface area contributed by atoms with E-state index in [9.17, 15) is 9.59 Å². The van der Waals surface area contributed by atoms with E-state index in [-0.39, 0.29) is 23.8 Å². The van der Waals surface area contributed by atoms with Crippen LogP contribution in [-0.2, 0) is 11.2 Å². The summed E-state index contributed by atoms with van der Waals surface area (Å²) in [4.78, 5) is 35.9. The molecule has 2 aliphatic rings. The van der Waals surface area contributed by atoms with Gasteiger partial charge in [0.05, 0.1) is 5.92 Å². The van der Waals surface area contributed by atoms with Crippen LogP contribution in [0.4, 0.5) is 4.79 Å². The number of imide groups is 1. The van der Waals surface area contributed by atoms with Gasteiger partial charge in [0.15, 0.2) is 0 Å². The summed E-state index contributed by atoms with van der Waals surface area (Å²) in [6.07, 6.45) is 6.56. The van der Waals surface area contributed by atoms with E-state index >= 15 is 0 Å². The molecule has 3 amide bonds.